The second kappa shape index (κ2) is 3.47. The molecule has 0 amide bonds. The number of aromatic nitrogens is 4. The third kappa shape index (κ3) is 1.52. The molecule has 0 saturated heterocycles. The Labute approximate surface area is 89.8 Å². The van der Waals surface area contributed by atoms with E-state index < -0.39 is 5.97 Å². The van der Waals surface area contributed by atoms with Gasteiger partial charge in [0.2, 0.25) is 5.82 Å². The maximum absolute atomic E-state index is 11.2. The summed E-state index contributed by atoms with van der Waals surface area (Å²) in [7, 11) is 2.96. The lowest BCUT2D eigenvalue weighted by Gasteiger charge is -1.99. The highest BCUT2D eigenvalue weighted by Gasteiger charge is 2.15. The molecule has 0 fully saturated rings. The summed E-state index contributed by atoms with van der Waals surface area (Å²) in [5, 5.41) is 4.75. The first kappa shape index (κ1) is 9.85. The van der Waals surface area contributed by atoms with Crippen LogP contribution in [0, 0.1) is 0 Å². The molecule has 2 rings (SSSR count). The number of aryl methyl sites for hydroxylation is 1. The van der Waals surface area contributed by atoms with Gasteiger partial charge in [-0.25, -0.2) is 14.8 Å². The van der Waals surface area contributed by atoms with Gasteiger partial charge in [-0.15, -0.1) is 0 Å². The molecular weight excluding hydrogens is 220 g/mol. The summed E-state index contributed by atoms with van der Waals surface area (Å²) in [6, 6.07) is 0. The maximum Gasteiger partial charge on any atom is 0.376 e. The average Bonchev–Trinajstić information content (AvgIpc) is 2.60. The summed E-state index contributed by atoms with van der Waals surface area (Å²) in [5.41, 5.74) is 0.496. The van der Waals surface area contributed by atoms with Gasteiger partial charge in [-0.1, -0.05) is 11.6 Å². The Morgan fingerprint density at radius 3 is 2.93 bits per heavy atom. The number of halogens is 1. The first-order valence-corrected chi connectivity index (χ1v) is 4.45. The fourth-order valence-electron chi connectivity index (χ4n) is 1.17. The van der Waals surface area contributed by atoms with Crippen molar-refractivity contribution in [2.75, 3.05) is 7.11 Å². The van der Waals surface area contributed by atoms with E-state index in [2.05, 4.69) is 19.8 Å². The third-order valence-corrected chi connectivity index (χ3v) is 2.20. The second-order valence-corrected chi connectivity index (χ2v) is 3.19. The highest BCUT2D eigenvalue weighted by molar-refractivity contribution is 6.34. The fourth-order valence-corrected chi connectivity index (χ4v) is 1.38. The van der Waals surface area contributed by atoms with Crippen molar-refractivity contribution >= 4 is 28.6 Å². The molecule has 0 N–H and O–H groups in total. The van der Waals surface area contributed by atoms with Gasteiger partial charge in [-0.3, -0.25) is 4.68 Å². The molecule has 0 radical (unpaired) electrons. The summed E-state index contributed by atoms with van der Waals surface area (Å²) >= 11 is 5.86. The molecule has 6 nitrogen and oxygen atoms in total. The normalized spacial score (nSPS) is 10.6. The van der Waals surface area contributed by atoms with Crippen molar-refractivity contribution < 1.29 is 9.53 Å². The van der Waals surface area contributed by atoms with Crippen LogP contribution in [0.25, 0.3) is 11.0 Å². The zero-order valence-corrected chi connectivity index (χ0v) is 8.82. The average molecular weight is 227 g/mol. The third-order valence-electron chi connectivity index (χ3n) is 1.91. The van der Waals surface area contributed by atoms with E-state index in [1.807, 2.05) is 0 Å². The van der Waals surface area contributed by atoms with Crippen molar-refractivity contribution in [3.05, 3.63) is 17.2 Å². The van der Waals surface area contributed by atoms with Crippen LogP contribution in [0.2, 0.25) is 5.15 Å². The van der Waals surface area contributed by atoms with Crippen LogP contribution in [0.15, 0.2) is 6.20 Å². The highest BCUT2D eigenvalue weighted by Crippen LogP contribution is 2.19. The van der Waals surface area contributed by atoms with Gasteiger partial charge in [0, 0.05) is 7.05 Å². The van der Waals surface area contributed by atoms with Crippen LogP contribution in [-0.4, -0.2) is 32.8 Å². The number of carbonyl (C=O) groups is 1. The van der Waals surface area contributed by atoms with Gasteiger partial charge in [0.15, 0.2) is 5.65 Å². The van der Waals surface area contributed by atoms with Crippen LogP contribution in [0.3, 0.4) is 0 Å². The van der Waals surface area contributed by atoms with Crippen molar-refractivity contribution in [3.8, 4) is 0 Å². The predicted molar refractivity (Wildman–Crippen MR) is 52.7 cm³/mol. The quantitative estimate of drug-likeness (QED) is 0.532. The van der Waals surface area contributed by atoms with Crippen LogP contribution in [0.4, 0.5) is 0 Å². The first-order chi connectivity index (χ1) is 7.13. The van der Waals surface area contributed by atoms with Crippen LogP contribution >= 0.6 is 11.6 Å². The van der Waals surface area contributed by atoms with E-state index in [9.17, 15) is 4.79 Å². The van der Waals surface area contributed by atoms with Crippen molar-refractivity contribution in [1.29, 1.82) is 0 Å². The largest absolute Gasteiger partial charge is 0.463 e. The van der Waals surface area contributed by atoms with Gasteiger partial charge >= 0.3 is 5.97 Å². The minimum absolute atomic E-state index is 0.0707. The van der Waals surface area contributed by atoms with Gasteiger partial charge in [0.05, 0.1) is 18.7 Å². The van der Waals surface area contributed by atoms with Gasteiger partial charge in [-0.05, 0) is 0 Å². The molecule has 0 unspecified atom stereocenters. The first-order valence-electron chi connectivity index (χ1n) is 4.07. The molecule has 0 spiro atoms. The standard InChI is InChI=1S/C8H7ClN4O2/c1-13-7-4(3-10-13)5(9)11-6(12-7)8(14)15-2/h3H,1-2H3. The van der Waals surface area contributed by atoms with Gasteiger partial charge in [0.1, 0.15) is 5.15 Å². The Morgan fingerprint density at radius 1 is 1.53 bits per heavy atom. The van der Waals surface area contributed by atoms with Gasteiger partial charge in [0.25, 0.3) is 0 Å². The van der Waals surface area contributed by atoms with E-state index in [0.717, 1.165) is 0 Å². The van der Waals surface area contributed by atoms with Crippen molar-refractivity contribution in [1.82, 2.24) is 19.7 Å². The molecule has 0 atom stereocenters. The molecule has 78 valence electrons. The number of methoxy groups -OCH3 is 1. The van der Waals surface area contributed by atoms with Crippen LogP contribution < -0.4 is 0 Å². The highest BCUT2D eigenvalue weighted by atomic mass is 35.5. The van der Waals surface area contributed by atoms with Crippen molar-refractivity contribution in [2.45, 2.75) is 0 Å². The molecule has 0 aromatic carbocycles. The molecule has 2 heterocycles. The van der Waals surface area contributed by atoms with E-state index >= 15 is 0 Å². The second-order valence-electron chi connectivity index (χ2n) is 2.84. The summed E-state index contributed by atoms with van der Waals surface area (Å²) < 4.78 is 6.01. The molecule has 2 aromatic rings. The number of fused-ring (bicyclic) bond motifs is 1. The zero-order chi connectivity index (χ0) is 11.0. The monoisotopic (exact) mass is 226 g/mol. The topological polar surface area (TPSA) is 69.9 Å². The molecule has 0 aliphatic carbocycles. The molecule has 0 saturated carbocycles. The van der Waals surface area contributed by atoms with Crippen molar-refractivity contribution in [2.24, 2.45) is 7.05 Å². The number of esters is 1. The minimum Gasteiger partial charge on any atom is -0.463 e. The zero-order valence-electron chi connectivity index (χ0n) is 8.06. The van der Waals surface area contributed by atoms with Crippen molar-refractivity contribution in [3.63, 3.8) is 0 Å². The lowest BCUT2D eigenvalue weighted by Crippen LogP contribution is -2.08. The van der Waals surface area contributed by atoms with Crippen LogP contribution in [-0.2, 0) is 11.8 Å². The SMILES string of the molecule is COC(=O)c1nc(Cl)c2cnn(C)c2n1. The summed E-state index contributed by atoms with van der Waals surface area (Å²) in [6.45, 7) is 0. The number of rotatable bonds is 1. The van der Waals surface area contributed by atoms with E-state index in [1.165, 1.54) is 11.8 Å². The van der Waals surface area contributed by atoms with E-state index in [0.29, 0.717) is 11.0 Å². The Hall–Kier alpha value is -1.69. The molecular formula is C8H7ClN4O2. The lowest BCUT2D eigenvalue weighted by atomic mass is 10.4. The lowest BCUT2D eigenvalue weighted by molar-refractivity contribution is 0.0587. The summed E-state index contributed by atoms with van der Waals surface area (Å²) in [5.74, 6) is -0.696. The predicted octanol–water partition coefficient (Wildman–Crippen LogP) is 0.803. The number of hydrogen-bond acceptors (Lipinski definition) is 5. The van der Waals surface area contributed by atoms with Gasteiger partial charge in [-0.2, -0.15) is 5.10 Å². The van der Waals surface area contributed by atoms with E-state index in [1.54, 1.807) is 13.2 Å². The maximum atomic E-state index is 11.2. The van der Waals surface area contributed by atoms with E-state index in [-0.39, 0.29) is 11.0 Å². The summed E-state index contributed by atoms with van der Waals surface area (Å²) in [4.78, 5) is 19.0. The Balaban J connectivity index is 2.70. The molecule has 15 heavy (non-hydrogen) atoms. The Kier molecular flexibility index (Phi) is 2.28. The molecule has 0 aliphatic rings. The fraction of sp³-hybridized carbons (Fsp3) is 0.250. The molecule has 7 heteroatoms. The number of carbonyl (C=O) groups excluding carboxylic acids is 1. The van der Waals surface area contributed by atoms with Crippen LogP contribution in [0.5, 0.6) is 0 Å². The molecule has 2 aromatic heterocycles. The number of nitrogens with zero attached hydrogens (tertiary/aromatic N) is 4. The van der Waals surface area contributed by atoms with Crippen LogP contribution in [0.1, 0.15) is 10.6 Å². The smallest absolute Gasteiger partial charge is 0.376 e. The molecule has 0 bridgehead atoms. The number of ether oxygens (including phenoxy) is 1. The minimum atomic E-state index is -0.625. The van der Waals surface area contributed by atoms with E-state index in [4.69, 9.17) is 11.6 Å². The Bertz CT molecular complexity index is 537. The Morgan fingerprint density at radius 2 is 2.27 bits per heavy atom. The van der Waals surface area contributed by atoms with Gasteiger partial charge < -0.3 is 4.74 Å². The number of hydrogen-bond donors (Lipinski definition) is 0. The molecule has 0 aliphatic heterocycles. The summed E-state index contributed by atoms with van der Waals surface area (Å²) in [6.07, 6.45) is 1.54.